The van der Waals surface area contributed by atoms with Crippen LogP contribution in [0, 0.1) is 23.7 Å². The van der Waals surface area contributed by atoms with Crippen molar-refractivity contribution >= 4 is 11.8 Å². The second-order valence-corrected chi connectivity index (χ2v) is 6.75. The third-order valence-corrected chi connectivity index (χ3v) is 4.94. The number of rotatable bonds is 7. The summed E-state index contributed by atoms with van der Waals surface area (Å²) in [6.07, 6.45) is 4.42. The van der Waals surface area contributed by atoms with E-state index in [-0.39, 0.29) is 5.97 Å². The van der Waals surface area contributed by atoms with Crippen LogP contribution in [0.4, 0.5) is 0 Å². The van der Waals surface area contributed by atoms with Gasteiger partial charge in [0.2, 0.25) is 0 Å². The standard InChI is InChI=1S/C18H30O3/c1-6-17(19)11-16-10-14(5)13(4)9-15(16)7-8-21-18(20)12(2)3/h13-16H,2,6-11H2,1,3-5H3/t13?,14-,15?,16?/m0/s1. The van der Waals surface area contributed by atoms with Crippen LogP contribution >= 0.6 is 0 Å². The average molecular weight is 294 g/mol. The van der Waals surface area contributed by atoms with Gasteiger partial charge in [0.15, 0.2) is 0 Å². The summed E-state index contributed by atoms with van der Waals surface area (Å²) in [5.74, 6) is 2.34. The van der Waals surface area contributed by atoms with Crippen LogP contribution in [0.1, 0.15) is 59.8 Å². The number of ether oxygens (including phenoxy) is 1. The van der Waals surface area contributed by atoms with Gasteiger partial charge >= 0.3 is 5.97 Å². The van der Waals surface area contributed by atoms with Crippen molar-refractivity contribution in [3.63, 3.8) is 0 Å². The molecule has 0 aromatic rings. The first-order valence-electron chi connectivity index (χ1n) is 8.19. The molecule has 4 atom stereocenters. The van der Waals surface area contributed by atoms with E-state index in [2.05, 4.69) is 20.4 Å². The van der Waals surface area contributed by atoms with E-state index in [0.29, 0.717) is 54.5 Å². The van der Waals surface area contributed by atoms with Gasteiger partial charge in [-0.3, -0.25) is 4.79 Å². The molecule has 0 aromatic heterocycles. The molecule has 0 bridgehead atoms. The molecular formula is C18H30O3. The Hall–Kier alpha value is -1.12. The fourth-order valence-electron chi connectivity index (χ4n) is 3.27. The van der Waals surface area contributed by atoms with Gasteiger partial charge in [0, 0.05) is 18.4 Å². The molecule has 0 amide bonds. The van der Waals surface area contributed by atoms with Crippen LogP contribution in [0.2, 0.25) is 0 Å². The van der Waals surface area contributed by atoms with Crippen molar-refractivity contribution in [1.29, 1.82) is 0 Å². The van der Waals surface area contributed by atoms with Gasteiger partial charge in [-0.05, 0) is 49.9 Å². The highest BCUT2D eigenvalue weighted by atomic mass is 16.5. The molecule has 0 aliphatic heterocycles. The molecule has 120 valence electrons. The van der Waals surface area contributed by atoms with Crippen LogP contribution in [0.5, 0.6) is 0 Å². The number of hydrogen-bond donors (Lipinski definition) is 0. The SMILES string of the molecule is C=C(C)C(=O)OCCC1CC(C)[C@@H](C)CC1CC(=O)CC. The van der Waals surface area contributed by atoms with Crippen molar-refractivity contribution in [1.82, 2.24) is 0 Å². The van der Waals surface area contributed by atoms with Crippen molar-refractivity contribution in [2.75, 3.05) is 6.61 Å². The van der Waals surface area contributed by atoms with Crippen LogP contribution in [0.25, 0.3) is 0 Å². The summed E-state index contributed by atoms with van der Waals surface area (Å²) in [6.45, 7) is 12.2. The van der Waals surface area contributed by atoms with Gasteiger partial charge < -0.3 is 4.74 Å². The lowest BCUT2D eigenvalue weighted by atomic mass is 9.67. The molecule has 1 rings (SSSR count). The Morgan fingerprint density at radius 1 is 1.14 bits per heavy atom. The molecule has 0 aromatic carbocycles. The Morgan fingerprint density at radius 2 is 1.71 bits per heavy atom. The molecule has 0 spiro atoms. The van der Waals surface area contributed by atoms with Crippen molar-refractivity contribution in [2.24, 2.45) is 23.7 Å². The summed E-state index contributed by atoms with van der Waals surface area (Å²) in [5.41, 5.74) is 0.443. The van der Waals surface area contributed by atoms with Gasteiger partial charge in [0.25, 0.3) is 0 Å². The molecular weight excluding hydrogens is 264 g/mol. The number of esters is 1. The predicted molar refractivity (Wildman–Crippen MR) is 84.8 cm³/mol. The number of ketones is 1. The van der Waals surface area contributed by atoms with E-state index in [4.69, 9.17) is 4.74 Å². The Balaban J connectivity index is 2.55. The molecule has 1 aliphatic rings. The third-order valence-electron chi connectivity index (χ3n) is 4.94. The van der Waals surface area contributed by atoms with Crippen LogP contribution in [-0.4, -0.2) is 18.4 Å². The van der Waals surface area contributed by atoms with Crippen LogP contribution in [0.3, 0.4) is 0 Å². The number of hydrogen-bond acceptors (Lipinski definition) is 3. The maximum absolute atomic E-state index is 11.8. The summed E-state index contributed by atoms with van der Waals surface area (Å²) in [6, 6.07) is 0. The van der Waals surface area contributed by atoms with Crippen molar-refractivity contribution in [2.45, 2.75) is 59.8 Å². The fourth-order valence-corrected chi connectivity index (χ4v) is 3.27. The first-order chi connectivity index (χ1) is 9.85. The summed E-state index contributed by atoms with van der Waals surface area (Å²) >= 11 is 0. The second-order valence-electron chi connectivity index (χ2n) is 6.75. The normalized spacial score (nSPS) is 29.0. The lowest BCUT2D eigenvalue weighted by Gasteiger charge is -2.38. The van der Waals surface area contributed by atoms with E-state index in [9.17, 15) is 9.59 Å². The molecule has 1 aliphatic carbocycles. The smallest absolute Gasteiger partial charge is 0.333 e. The summed E-state index contributed by atoms with van der Waals surface area (Å²) in [4.78, 5) is 23.2. The zero-order chi connectivity index (χ0) is 16.0. The first-order valence-corrected chi connectivity index (χ1v) is 8.19. The largest absolute Gasteiger partial charge is 0.462 e. The monoisotopic (exact) mass is 294 g/mol. The topological polar surface area (TPSA) is 43.4 Å². The van der Waals surface area contributed by atoms with E-state index < -0.39 is 0 Å². The summed E-state index contributed by atoms with van der Waals surface area (Å²) in [5, 5.41) is 0. The predicted octanol–water partition coefficient (Wildman–Crippen LogP) is 4.16. The summed E-state index contributed by atoms with van der Waals surface area (Å²) < 4.78 is 5.22. The molecule has 0 N–H and O–H groups in total. The van der Waals surface area contributed by atoms with E-state index in [1.807, 2.05) is 6.92 Å². The quantitative estimate of drug-likeness (QED) is 0.523. The lowest BCUT2D eigenvalue weighted by Crippen LogP contribution is -2.31. The molecule has 3 nitrogen and oxygen atoms in total. The molecule has 1 fully saturated rings. The van der Waals surface area contributed by atoms with Gasteiger partial charge in [0.1, 0.15) is 5.78 Å². The number of Topliss-reactive ketones (excluding diaryl/α,β-unsaturated/α-hetero) is 1. The summed E-state index contributed by atoms with van der Waals surface area (Å²) in [7, 11) is 0. The minimum absolute atomic E-state index is 0.312. The molecule has 1 saturated carbocycles. The van der Waals surface area contributed by atoms with Gasteiger partial charge in [-0.15, -0.1) is 0 Å². The van der Waals surface area contributed by atoms with Crippen LogP contribution in [0.15, 0.2) is 12.2 Å². The van der Waals surface area contributed by atoms with E-state index in [0.717, 1.165) is 19.3 Å². The van der Waals surface area contributed by atoms with Crippen LogP contribution in [-0.2, 0) is 14.3 Å². The Labute approximate surface area is 129 Å². The number of carbonyl (C=O) groups excluding carboxylic acids is 2. The fraction of sp³-hybridized carbons (Fsp3) is 0.778. The molecule has 3 unspecified atom stereocenters. The van der Waals surface area contributed by atoms with E-state index in [1.165, 1.54) is 0 Å². The average Bonchev–Trinajstić information content (AvgIpc) is 2.43. The highest BCUT2D eigenvalue weighted by molar-refractivity contribution is 5.86. The maximum atomic E-state index is 11.8. The van der Waals surface area contributed by atoms with E-state index >= 15 is 0 Å². The third kappa shape index (κ3) is 5.64. The van der Waals surface area contributed by atoms with Gasteiger partial charge in [-0.2, -0.15) is 0 Å². The molecule has 21 heavy (non-hydrogen) atoms. The highest BCUT2D eigenvalue weighted by Gasteiger charge is 2.33. The van der Waals surface area contributed by atoms with E-state index in [1.54, 1.807) is 6.92 Å². The van der Waals surface area contributed by atoms with Crippen molar-refractivity contribution in [3.8, 4) is 0 Å². The molecule has 0 radical (unpaired) electrons. The van der Waals surface area contributed by atoms with Gasteiger partial charge in [-0.25, -0.2) is 4.79 Å². The molecule has 3 heteroatoms. The lowest BCUT2D eigenvalue weighted by molar-refractivity contribution is -0.139. The van der Waals surface area contributed by atoms with Gasteiger partial charge in [-0.1, -0.05) is 27.4 Å². The molecule has 0 saturated heterocycles. The molecule has 0 heterocycles. The Morgan fingerprint density at radius 3 is 2.24 bits per heavy atom. The second kappa shape index (κ2) is 8.35. The minimum Gasteiger partial charge on any atom is -0.462 e. The van der Waals surface area contributed by atoms with Crippen molar-refractivity contribution < 1.29 is 14.3 Å². The zero-order valence-electron chi connectivity index (χ0n) is 14.0. The zero-order valence-corrected chi connectivity index (χ0v) is 14.0. The minimum atomic E-state index is -0.312. The number of carbonyl (C=O) groups is 2. The Bertz CT molecular complexity index is 386. The van der Waals surface area contributed by atoms with Crippen LogP contribution < -0.4 is 0 Å². The van der Waals surface area contributed by atoms with Gasteiger partial charge in [0.05, 0.1) is 6.61 Å². The maximum Gasteiger partial charge on any atom is 0.333 e. The van der Waals surface area contributed by atoms with Crippen molar-refractivity contribution in [3.05, 3.63) is 12.2 Å². The highest BCUT2D eigenvalue weighted by Crippen LogP contribution is 2.41. The Kier molecular flexibility index (Phi) is 7.13. The first kappa shape index (κ1) is 17.9.